The molecule has 0 amide bonds. The fraction of sp³-hybridized carbons (Fsp3) is 0.387. The van der Waals surface area contributed by atoms with Crippen LogP contribution in [0.2, 0.25) is 0 Å². The van der Waals surface area contributed by atoms with E-state index in [0.717, 1.165) is 6.42 Å². The molecule has 1 aliphatic rings. The second-order valence-electron chi connectivity index (χ2n) is 11.7. The predicted molar refractivity (Wildman–Crippen MR) is 162 cm³/mol. The normalized spacial score (nSPS) is 16.6. The molecule has 6 rings (SSSR count). The van der Waals surface area contributed by atoms with Gasteiger partial charge in [0.05, 0.1) is 24.0 Å². The SMILES string of the molecule is CCCc1c(Cc2ccc(-c3ccccc3-c3noc(=O)[nH]3)cc2F)c(=O)n([C@H]2C[C@@H](OCC(C)(C)O)C2)c2ncnn12.[K]. The smallest absolute Gasteiger partial charge is 0.388 e. The number of aromatic nitrogens is 6. The zero-order chi connectivity index (χ0) is 30.3. The summed E-state index contributed by atoms with van der Waals surface area (Å²) >= 11 is 0. The summed E-state index contributed by atoms with van der Waals surface area (Å²) in [4.78, 5) is 32.5. The zero-order valence-electron chi connectivity index (χ0n) is 25.2. The van der Waals surface area contributed by atoms with E-state index in [-0.39, 0.29) is 87.9 Å². The van der Waals surface area contributed by atoms with E-state index < -0.39 is 17.2 Å². The molecule has 1 fully saturated rings. The number of benzene rings is 2. The van der Waals surface area contributed by atoms with Crippen LogP contribution >= 0.6 is 0 Å². The number of aryl methyl sites for hydroxylation is 1. The van der Waals surface area contributed by atoms with Gasteiger partial charge in [-0.05, 0) is 55.9 Å². The van der Waals surface area contributed by atoms with Gasteiger partial charge < -0.3 is 9.84 Å². The largest absolute Gasteiger partial charge is 0.439 e. The monoisotopic (exact) mass is 627 g/mol. The molecule has 0 atom stereocenters. The summed E-state index contributed by atoms with van der Waals surface area (Å²) in [6.07, 6.45) is 3.99. The summed E-state index contributed by atoms with van der Waals surface area (Å²) in [6, 6.07) is 11.9. The van der Waals surface area contributed by atoms with Gasteiger partial charge in [-0.3, -0.25) is 18.9 Å². The summed E-state index contributed by atoms with van der Waals surface area (Å²) in [5.41, 5.74) is 2.27. The number of hydrogen-bond donors (Lipinski definition) is 2. The molecule has 0 saturated heterocycles. The maximum Gasteiger partial charge on any atom is 0.439 e. The Morgan fingerprint density at radius 1 is 1.16 bits per heavy atom. The van der Waals surface area contributed by atoms with Crippen molar-refractivity contribution in [2.45, 2.75) is 70.6 Å². The van der Waals surface area contributed by atoms with E-state index in [4.69, 9.17) is 4.74 Å². The molecule has 3 heterocycles. The standard InChI is InChI=1S/C31H33FN6O5.K/c1-4-7-26-24(28(39)37(29-33-17-34-38(26)29)20-14-21(15-20)42-16-31(2,3)41)12-19-11-10-18(13-25(19)32)22-8-5-6-9-23(22)27-35-30(40)43-36-27;/h5-6,8-11,13,17,20-21,41H,4,7,12,14-16H2,1-3H3,(H,35,36,40);/t20-,21+;. The van der Waals surface area contributed by atoms with Gasteiger partial charge in [-0.1, -0.05) is 54.9 Å². The van der Waals surface area contributed by atoms with Crippen LogP contribution in [0, 0.1) is 5.82 Å². The number of aromatic amines is 1. The molecule has 2 aromatic carbocycles. The minimum atomic E-state index is -0.937. The number of nitrogens with zero attached hydrogens (tertiary/aromatic N) is 5. The van der Waals surface area contributed by atoms with Crippen molar-refractivity contribution in [2.75, 3.05) is 6.61 Å². The molecule has 0 aliphatic heterocycles. The number of H-pyrrole nitrogens is 1. The molecule has 1 radical (unpaired) electrons. The average Bonchev–Trinajstić information content (AvgIpc) is 3.61. The van der Waals surface area contributed by atoms with Crippen molar-refractivity contribution in [1.29, 1.82) is 0 Å². The van der Waals surface area contributed by atoms with Gasteiger partial charge in [0, 0.05) is 75.0 Å². The predicted octanol–water partition coefficient (Wildman–Crippen LogP) is 3.69. The van der Waals surface area contributed by atoms with E-state index in [2.05, 4.69) is 24.7 Å². The van der Waals surface area contributed by atoms with Gasteiger partial charge in [0.2, 0.25) is 5.78 Å². The van der Waals surface area contributed by atoms with Crippen LogP contribution in [0.3, 0.4) is 0 Å². The third kappa shape index (κ3) is 6.59. The van der Waals surface area contributed by atoms with Gasteiger partial charge in [0.15, 0.2) is 5.82 Å². The van der Waals surface area contributed by atoms with E-state index in [9.17, 15) is 14.7 Å². The number of fused-ring (bicyclic) bond motifs is 1. The molecule has 0 unspecified atom stereocenters. The van der Waals surface area contributed by atoms with Crippen LogP contribution in [0.15, 0.2) is 62.9 Å². The van der Waals surface area contributed by atoms with Gasteiger partial charge in [-0.2, -0.15) is 10.1 Å². The first-order valence-electron chi connectivity index (χ1n) is 14.4. The van der Waals surface area contributed by atoms with Crippen LogP contribution < -0.4 is 11.3 Å². The van der Waals surface area contributed by atoms with Crippen molar-refractivity contribution in [3.05, 3.63) is 92.3 Å². The Kier molecular flexibility index (Phi) is 9.85. The van der Waals surface area contributed by atoms with Crippen molar-refractivity contribution in [1.82, 2.24) is 29.3 Å². The topological polar surface area (TPSA) is 141 Å². The van der Waals surface area contributed by atoms with Crippen molar-refractivity contribution in [2.24, 2.45) is 0 Å². The van der Waals surface area contributed by atoms with Crippen LogP contribution in [0.1, 0.15) is 62.9 Å². The fourth-order valence-corrected chi connectivity index (χ4v) is 5.62. The number of ether oxygens (including phenoxy) is 1. The van der Waals surface area contributed by atoms with Gasteiger partial charge in [-0.15, -0.1) is 0 Å². The summed E-state index contributed by atoms with van der Waals surface area (Å²) in [5, 5.41) is 18.2. The van der Waals surface area contributed by atoms with Crippen LogP contribution in [-0.4, -0.2) is 104 Å². The molecule has 0 spiro atoms. The molecule has 2 N–H and O–H groups in total. The Balaban J connectivity index is 0.00000384. The second-order valence-corrected chi connectivity index (χ2v) is 11.7. The maximum atomic E-state index is 15.8. The molecule has 11 nitrogen and oxygen atoms in total. The molecule has 5 aromatic rings. The molecular formula is C31H33FKN6O5. The fourth-order valence-electron chi connectivity index (χ4n) is 5.62. The Bertz CT molecular complexity index is 1900. The minimum Gasteiger partial charge on any atom is -0.388 e. The van der Waals surface area contributed by atoms with E-state index in [0.29, 0.717) is 58.6 Å². The van der Waals surface area contributed by atoms with Crippen LogP contribution in [-0.2, 0) is 17.6 Å². The molecule has 1 saturated carbocycles. The molecule has 3 aromatic heterocycles. The third-order valence-corrected chi connectivity index (χ3v) is 7.77. The summed E-state index contributed by atoms with van der Waals surface area (Å²) in [5.74, 6) is -0.429. The molecule has 1 aliphatic carbocycles. The van der Waals surface area contributed by atoms with Crippen molar-refractivity contribution < 1.29 is 18.8 Å². The zero-order valence-corrected chi connectivity index (χ0v) is 28.3. The van der Waals surface area contributed by atoms with Crippen LogP contribution in [0.4, 0.5) is 4.39 Å². The van der Waals surface area contributed by atoms with E-state index in [1.165, 1.54) is 12.4 Å². The average molecular weight is 628 g/mol. The van der Waals surface area contributed by atoms with Crippen molar-refractivity contribution in [3.8, 4) is 22.5 Å². The third-order valence-electron chi connectivity index (χ3n) is 7.77. The van der Waals surface area contributed by atoms with Gasteiger partial charge >= 0.3 is 5.76 Å². The van der Waals surface area contributed by atoms with Gasteiger partial charge in [-0.25, -0.2) is 13.7 Å². The van der Waals surface area contributed by atoms with E-state index >= 15 is 4.39 Å². The molecule has 0 bridgehead atoms. The molecule has 13 heteroatoms. The van der Waals surface area contributed by atoms with Crippen LogP contribution in [0.5, 0.6) is 0 Å². The van der Waals surface area contributed by atoms with Crippen molar-refractivity contribution >= 4 is 57.2 Å². The van der Waals surface area contributed by atoms with Crippen molar-refractivity contribution in [3.63, 3.8) is 0 Å². The van der Waals surface area contributed by atoms with E-state index in [1.54, 1.807) is 47.2 Å². The quantitative estimate of drug-likeness (QED) is 0.224. The molecular weight excluding hydrogens is 594 g/mol. The summed E-state index contributed by atoms with van der Waals surface area (Å²) < 4.78 is 29.6. The Morgan fingerprint density at radius 2 is 1.91 bits per heavy atom. The van der Waals surface area contributed by atoms with Gasteiger partial charge in [0.1, 0.15) is 12.1 Å². The minimum absolute atomic E-state index is 0. The van der Waals surface area contributed by atoms with E-state index in [1.807, 2.05) is 19.1 Å². The first kappa shape index (κ1) is 32.6. The molecule has 225 valence electrons. The number of rotatable bonds is 10. The second kappa shape index (κ2) is 13.3. The number of halogens is 1. The summed E-state index contributed by atoms with van der Waals surface area (Å²) in [7, 11) is 0. The first-order chi connectivity index (χ1) is 20.6. The first-order valence-corrected chi connectivity index (χ1v) is 14.4. The summed E-state index contributed by atoms with van der Waals surface area (Å²) in [6.45, 7) is 5.60. The number of nitrogens with one attached hydrogen (secondary N) is 1. The number of hydrogen-bond acceptors (Lipinski definition) is 8. The molecule has 44 heavy (non-hydrogen) atoms. The van der Waals surface area contributed by atoms with Crippen LogP contribution in [0.25, 0.3) is 28.3 Å². The van der Waals surface area contributed by atoms with Gasteiger partial charge in [0.25, 0.3) is 5.56 Å². The Labute approximate surface area is 294 Å². The Hall–Kier alpha value is -2.78. The maximum absolute atomic E-state index is 15.8. The number of aliphatic hydroxyl groups is 1. The Morgan fingerprint density at radius 3 is 2.57 bits per heavy atom.